The van der Waals surface area contributed by atoms with E-state index in [4.69, 9.17) is 4.74 Å². The zero-order valence-electron chi connectivity index (χ0n) is 13.7. The maximum absolute atomic E-state index is 13.0. The average Bonchev–Trinajstić information content (AvgIpc) is 3.09. The van der Waals surface area contributed by atoms with E-state index in [1.807, 2.05) is 4.90 Å². The van der Waals surface area contributed by atoms with Gasteiger partial charge in [0.05, 0.1) is 30.2 Å². The number of piperidine rings is 1. The van der Waals surface area contributed by atoms with Crippen LogP contribution < -0.4 is 0 Å². The number of aromatic amines is 1. The van der Waals surface area contributed by atoms with E-state index in [2.05, 4.69) is 14.9 Å². The van der Waals surface area contributed by atoms with Gasteiger partial charge in [-0.1, -0.05) is 0 Å². The first-order chi connectivity index (χ1) is 11.3. The largest absolute Gasteiger partial charge is 0.381 e. The number of aromatic nitrogens is 2. The van der Waals surface area contributed by atoms with Crippen molar-refractivity contribution < 1.29 is 9.53 Å². The van der Waals surface area contributed by atoms with Crippen molar-refractivity contribution in [3.8, 4) is 0 Å². The van der Waals surface area contributed by atoms with E-state index in [1.54, 1.807) is 6.33 Å². The Balaban J connectivity index is 1.38. The van der Waals surface area contributed by atoms with Gasteiger partial charge in [0.1, 0.15) is 0 Å². The lowest BCUT2D eigenvalue weighted by molar-refractivity contribution is -0.139. The molecule has 1 atom stereocenters. The van der Waals surface area contributed by atoms with Crippen LogP contribution in [0.15, 0.2) is 6.33 Å². The first-order valence-corrected chi connectivity index (χ1v) is 8.93. The molecule has 2 saturated heterocycles. The monoisotopic (exact) mass is 318 g/mol. The Morgan fingerprint density at radius 2 is 2.13 bits per heavy atom. The Kier molecular flexibility index (Phi) is 4.35. The highest BCUT2D eigenvalue weighted by atomic mass is 16.5. The van der Waals surface area contributed by atoms with Crippen LogP contribution in [0.3, 0.4) is 0 Å². The normalized spacial score (nSPS) is 27.0. The molecule has 1 N–H and O–H groups in total. The first-order valence-electron chi connectivity index (χ1n) is 8.93. The van der Waals surface area contributed by atoms with Crippen molar-refractivity contribution in [2.75, 3.05) is 32.8 Å². The van der Waals surface area contributed by atoms with E-state index >= 15 is 0 Å². The number of hydrogen-bond acceptors (Lipinski definition) is 4. The van der Waals surface area contributed by atoms with Crippen LogP contribution in [0, 0.1) is 5.92 Å². The third-order valence-corrected chi connectivity index (χ3v) is 5.60. The summed E-state index contributed by atoms with van der Waals surface area (Å²) >= 11 is 0. The van der Waals surface area contributed by atoms with Gasteiger partial charge in [0.25, 0.3) is 0 Å². The summed E-state index contributed by atoms with van der Waals surface area (Å²) in [5.74, 6) is 0.498. The van der Waals surface area contributed by atoms with Crippen LogP contribution >= 0.6 is 0 Å². The Hall–Kier alpha value is -1.40. The van der Waals surface area contributed by atoms with Crippen molar-refractivity contribution in [1.29, 1.82) is 0 Å². The number of amides is 1. The first kappa shape index (κ1) is 15.1. The zero-order valence-corrected chi connectivity index (χ0v) is 13.7. The number of hydrogen-bond donors (Lipinski definition) is 1. The molecule has 2 fully saturated rings. The minimum atomic E-state index is 0.163. The smallest absolute Gasteiger partial charge is 0.227 e. The molecule has 0 bridgehead atoms. The Morgan fingerprint density at radius 1 is 1.26 bits per heavy atom. The summed E-state index contributed by atoms with van der Waals surface area (Å²) in [6, 6.07) is 0.611. The topological polar surface area (TPSA) is 61.5 Å². The molecule has 1 aromatic rings. The number of ether oxygens (including phenoxy) is 1. The van der Waals surface area contributed by atoms with E-state index in [9.17, 15) is 4.79 Å². The van der Waals surface area contributed by atoms with Crippen LogP contribution in [0.4, 0.5) is 0 Å². The van der Waals surface area contributed by atoms with E-state index in [0.29, 0.717) is 18.5 Å². The van der Waals surface area contributed by atoms with Crippen LogP contribution in [-0.2, 0) is 22.5 Å². The molecular weight excluding hydrogens is 292 g/mol. The number of fused-ring (bicyclic) bond motifs is 1. The van der Waals surface area contributed by atoms with Gasteiger partial charge in [0.15, 0.2) is 0 Å². The number of likely N-dealkylation sites (tertiary alicyclic amines) is 1. The Labute approximate surface area is 137 Å². The van der Waals surface area contributed by atoms with Crippen molar-refractivity contribution >= 4 is 5.91 Å². The third-order valence-electron chi connectivity index (χ3n) is 5.60. The number of nitrogens with one attached hydrogen (secondary N) is 1. The molecule has 4 rings (SSSR count). The molecule has 3 aliphatic rings. The molecule has 23 heavy (non-hydrogen) atoms. The molecule has 3 aliphatic heterocycles. The molecule has 1 aromatic heterocycles. The molecule has 0 aliphatic carbocycles. The number of carbonyl (C=O) groups excluding carboxylic acids is 1. The summed E-state index contributed by atoms with van der Waals surface area (Å²) in [4.78, 5) is 25.0. The molecular formula is C17H26N4O2. The highest BCUT2D eigenvalue weighted by Gasteiger charge is 2.34. The average molecular weight is 318 g/mol. The molecule has 1 amide bonds. The van der Waals surface area contributed by atoms with E-state index in [-0.39, 0.29) is 5.92 Å². The van der Waals surface area contributed by atoms with Gasteiger partial charge in [-0.15, -0.1) is 0 Å². The summed E-state index contributed by atoms with van der Waals surface area (Å²) < 4.78 is 5.47. The fourth-order valence-electron chi connectivity index (χ4n) is 4.25. The van der Waals surface area contributed by atoms with Crippen molar-refractivity contribution in [2.45, 2.75) is 44.7 Å². The molecule has 6 heteroatoms. The van der Waals surface area contributed by atoms with Crippen molar-refractivity contribution in [3.63, 3.8) is 0 Å². The van der Waals surface area contributed by atoms with Gasteiger partial charge < -0.3 is 14.6 Å². The van der Waals surface area contributed by atoms with Crippen molar-refractivity contribution in [3.05, 3.63) is 17.7 Å². The summed E-state index contributed by atoms with van der Waals surface area (Å²) in [6.07, 6.45) is 7.01. The van der Waals surface area contributed by atoms with Gasteiger partial charge in [0.2, 0.25) is 5.91 Å². The Bertz CT molecular complexity index is 553. The molecule has 0 unspecified atom stereocenters. The summed E-state index contributed by atoms with van der Waals surface area (Å²) in [5, 5.41) is 0. The summed E-state index contributed by atoms with van der Waals surface area (Å²) in [5.41, 5.74) is 2.24. The molecule has 0 spiro atoms. The van der Waals surface area contributed by atoms with Crippen LogP contribution in [0.1, 0.15) is 37.1 Å². The number of rotatable bonds is 2. The number of imidazole rings is 1. The molecule has 0 radical (unpaired) electrons. The minimum Gasteiger partial charge on any atom is -0.381 e. The lowest BCUT2D eigenvalue weighted by Crippen LogP contribution is -2.50. The predicted octanol–water partition coefficient (Wildman–Crippen LogP) is 1.19. The highest BCUT2D eigenvalue weighted by Crippen LogP contribution is 2.26. The zero-order chi connectivity index (χ0) is 15.6. The number of H-pyrrole nitrogens is 1. The highest BCUT2D eigenvalue weighted by molar-refractivity contribution is 5.79. The van der Waals surface area contributed by atoms with Gasteiger partial charge in [0, 0.05) is 38.8 Å². The second kappa shape index (κ2) is 6.61. The summed E-state index contributed by atoms with van der Waals surface area (Å²) in [7, 11) is 0. The third kappa shape index (κ3) is 3.15. The predicted molar refractivity (Wildman–Crippen MR) is 85.8 cm³/mol. The van der Waals surface area contributed by atoms with Gasteiger partial charge in [-0.05, 0) is 32.2 Å². The lowest BCUT2D eigenvalue weighted by Gasteiger charge is -2.41. The standard InChI is InChI=1S/C17H26N4O2/c22-17(21-7-3-15-16(11-21)19-12-18-15)13-2-1-6-20(10-13)14-4-8-23-9-5-14/h12-14H,1-11H2,(H,18,19)/t13-/m1/s1. The Morgan fingerprint density at radius 3 is 3.00 bits per heavy atom. The SMILES string of the molecule is O=C([C@@H]1CCCN(C2CCOCC2)C1)N1CCc2nc[nH]c2C1. The maximum atomic E-state index is 13.0. The number of nitrogens with zero attached hydrogens (tertiary/aromatic N) is 3. The van der Waals surface area contributed by atoms with Crippen LogP contribution in [0.2, 0.25) is 0 Å². The van der Waals surface area contributed by atoms with Crippen LogP contribution in [-0.4, -0.2) is 64.6 Å². The molecule has 4 heterocycles. The second-order valence-electron chi connectivity index (χ2n) is 7.02. The quantitative estimate of drug-likeness (QED) is 0.890. The van der Waals surface area contributed by atoms with E-state index < -0.39 is 0 Å². The molecule has 6 nitrogen and oxygen atoms in total. The summed E-state index contributed by atoms with van der Waals surface area (Å²) in [6.45, 7) is 5.31. The van der Waals surface area contributed by atoms with Gasteiger partial charge in [-0.25, -0.2) is 4.98 Å². The number of carbonyl (C=O) groups is 1. The van der Waals surface area contributed by atoms with Gasteiger partial charge >= 0.3 is 0 Å². The van der Waals surface area contributed by atoms with Crippen molar-refractivity contribution in [1.82, 2.24) is 19.8 Å². The van der Waals surface area contributed by atoms with Crippen molar-refractivity contribution in [2.24, 2.45) is 5.92 Å². The fourth-order valence-corrected chi connectivity index (χ4v) is 4.25. The van der Waals surface area contributed by atoms with E-state index in [0.717, 1.165) is 76.3 Å². The second-order valence-corrected chi connectivity index (χ2v) is 7.02. The van der Waals surface area contributed by atoms with Crippen LogP contribution in [0.5, 0.6) is 0 Å². The van der Waals surface area contributed by atoms with Gasteiger partial charge in [-0.2, -0.15) is 0 Å². The fraction of sp³-hybridized carbons (Fsp3) is 0.765. The molecule has 0 aromatic carbocycles. The molecule has 126 valence electrons. The van der Waals surface area contributed by atoms with Gasteiger partial charge in [-0.3, -0.25) is 9.69 Å². The maximum Gasteiger partial charge on any atom is 0.227 e. The van der Waals surface area contributed by atoms with E-state index in [1.165, 1.54) is 0 Å². The minimum absolute atomic E-state index is 0.163. The molecule has 0 saturated carbocycles. The van der Waals surface area contributed by atoms with Crippen LogP contribution in [0.25, 0.3) is 0 Å². The lowest BCUT2D eigenvalue weighted by atomic mass is 9.93.